The number of aromatic amines is 1. The first kappa shape index (κ1) is 22.4. The van der Waals surface area contributed by atoms with Crippen LogP contribution in [0.2, 0.25) is 0 Å². The third-order valence-electron chi connectivity index (χ3n) is 4.90. The molecule has 1 aromatic heterocycles. The summed E-state index contributed by atoms with van der Waals surface area (Å²) in [5.41, 5.74) is 6.18. The van der Waals surface area contributed by atoms with Gasteiger partial charge in [0.2, 0.25) is 11.8 Å². The van der Waals surface area contributed by atoms with Crippen molar-refractivity contribution in [1.29, 1.82) is 0 Å². The van der Waals surface area contributed by atoms with Gasteiger partial charge in [-0.1, -0.05) is 6.08 Å². The number of aliphatic hydroxyl groups is 1. The minimum absolute atomic E-state index is 0.0270. The molecule has 0 radical (unpaired) electrons. The largest absolute Gasteiger partial charge is 0.398 e. The Bertz CT molecular complexity index is 876. The van der Waals surface area contributed by atoms with E-state index in [0.29, 0.717) is 18.5 Å². The fraction of sp³-hybridized carbons (Fsp3) is 0.500. The number of H-pyrrole nitrogens is 1. The number of rotatable bonds is 1. The lowest BCUT2D eigenvalue weighted by atomic mass is 9.90. The molecule has 29 heavy (non-hydrogen) atoms. The monoisotopic (exact) mass is 404 g/mol. The number of nitrogens with one attached hydrogen (secondary N) is 3. The van der Waals surface area contributed by atoms with Gasteiger partial charge in [-0.15, -0.1) is 0 Å². The highest BCUT2D eigenvalue weighted by molar-refractivity contribution is 5.96. The van der Waals surface area contributed by atoms with E-state index in [0.717, 1.165) is 0 Å². The first-order valence-electron chi connectivity index (χ1n) is 9.57. The van der Waals surface area contributed by atoms with E-state index in [-0.39, 0.29) is 23.7 Å². The number of hydrogen-bond donors (Lipinski definition) is 5. The Morgan fingerprint density at radius 1 is 1.10 bits per heavy atom. The molecule has 2 heterocycles. The Hall–Kier alpha value is -2.94. The molecule has 2 amide bonds. The highest BCUT2D eigenvalue weighted by Gasteiger charge is 2.31. The summed E-state index contributed by atoms with van der Waals surface area (Å²) >= 11 is 0. The summed E-state index contributed by atoms with van der Waals surface area (Å²) in [5, 5.41) is 15.3. The zero-order chi connectivity index (χ0) is 21.7. The number of carbonyl (C=O) groups excluding carboxylic acids is 3. The number of aliphatic hydroxyl groups excluding tert-OH is 1. The van der Waals surface area contributed by atoms with Crippen molar-refractivity contribution < 1.29 is 19.5 Å². The van der Waals surface area contributed by atoms with Crippen LogP contribution in [0.25, 0.3) is 0 Å². The van der Waals surface area contributed by atoms with Gasteiger partial charge >= 0.3 is 0 Å². The van der Waals surface area contributed by atoms with Crippen LogP contribution in [0.3, 0.4) is 0 Å². The summed E-state index contributed by atoms with van der Waals surface area (Å²) in [6.07, 6.45) is 2.15. The maximum atomic E-state index is 12.9. The van der Waals surface area contributed by atoms with Gasteiger partial charge in [0.05, 0.1) is 23.6 Å². The third kappa shape index (κ3) is 6.02. The fourth-order valence-electron chi connectivity index (χ4n) is 3.26. The molecule has 1 aliphatic rings. The van der Waals surface area contributed by atoms with Crippen LogP contribution in [0.1, 0.15) is 50.3 Å². The number of nitrogen functional groups attached to an aromatic ring is 1. The molecule has 2 rings (SSSR count). The first-order valence-corrected chi connectivity index (χ1v) is 9.57. The average Bonchev–Trinajstić information content (AvgIpc) is 2.62. The van der Waals surface area contributed by atoms with E-state index in [1.807, 2.05) is 0 Å². The van der Waals surface area contributed by atoms with E-state index < -0.39 is 41.2 Å². The number of ketones is 1. The van der Waals surface area contributed by atoms with Crippen molar-refractivity contribution in [3.63, 3.8) is 0 Å². The average molecular weight is 404 g/mol. The van der Waals surface area contributed by atoms with E-state index in [1.165, 1.54) is 25.1 Å². The molecule has 0 unspecified atom stereocenters. The molecular formula is C20H28N4O5. The first-order chi connectivity index (χ1) is 13.6. The fourth-order valence-corrected chi connectivity index (χ4v) is 3.26. The quantitative estimate of drug-likeness (QED) is 0.445. The molecule has 4 atom stereocenters. The number of Topliss-reactive ketones (excluding diaryl/α,β-unsaturated/α-hetero) is 1. The Balaban J connectivity index is 2.43. The van der Waals surface area contributed by atoms with E-state index in [1.54, 1.807) is 13.8 Å². The molecule has 0 saturated carbocycles. The van der Waals surface area contributed by atoms with E-state index in [2.05, 4.69) is 15.6 Å². The van der Waals surface area contributed by atoms with Gasteiger partial charge in [-0.25, -0.2) is 0 Å². The van der Waals surface area contributed by atoms with Crippen LogP contribution in [0.4, 0.5) is 5.69 Å². The Morgan fingerprint density at radius 3 is 2.45 bits per heavy atom. The lowest BCUT2D eigenvalue weighted by Crippen LogP contribution is -2.43. The topological polar surface area (TPSA) is 154 Å². The van der Waals surface area contributed by atoms with Crippen molar-refractivity contribution >= 4 is 23.3 Å². The second-order valence-corrected chi connectivity index (χ2v) is 7.52. The standard InChI is InChI=1S/C20H28N4O5/c1-10-4-5-13(25)6-7-17(27)24-12(3)16(26)9-14(19(28)22-10)18-15(21)8-11(2)23-20(18)29/h6-8,10,12-14,25H,4-5,9H2,1-3H3,(H,22,28)(H,24,27)(H3,21,23,29)/b7-6-/t10-,12-,13-,14-/m0/s1. The van der Waals surface area contributed by atoms with Crippen molar-refractivity contribution in [3.8, 4) is 0 Å². The van der Waals surface area contributed by atoms with Crippen molar-refractivity contribution in [2.45, 2.75) is 64.1 Å². The van der Waals surface area contributed by atoms with Gasteiger partial charge in [-0.3, -0.25) is 19.2 Å². The molecule has 0 aliphatic carbocycles. The number of anilines is 1. The summed E-state index contributed by atoms with van der Waals surface area (Å²) in [7, 11) is 0. The van der Waals surface area contributed by atoms with Gasteiger partial charge in [0.25, 0.3) is 5.56 Å². The molecule has 0 aromatic carbocycles. The van der Waals surface area contributed by atoms with Crippen molar-refractivity contribution in [2.75, 3.05) is 5.73 Å². The molecule has 1 aromatic rings. The minimum Gasteiger partial charge on any atom is -0.398 e. The second-order valence-electron chi connectivity index (χ2n) is 7.52. The molecule has 9 heteroatoms. The van der Waals surface area contributed by atoms with Gasteiger partial charge in [-0.05, 0) is 39.7 Å². The van der Waals surface area contributed by atoms with Crippen LogP contribution >= 0.6 is 0 Å². The Labute approximate surface area is 168 Å². The predicted molar refractivity (Wildman–Crippen MR) is 108 cm³/mol. The van der Waals surface area contributed by atoms with Crippen molar-refractivity contribution in [3.05, 3.63) is 39.8 Å². The molecular weight excluding hydrogens is 376 g/mol. The molecule has 0 fully saturated rings. The number of aryl methyl sites for hydroxylation is 1. The minimum atomic E-state index is -1.10. The molecule has 0 bridgehead atoms. The normalized spacial score (nSPS) is 28.2. The van der Waals surface area contributed by atoms with Crippen LogP contribution in [0, 0.1) is 6.92 Å². The predicted octanol–water partition coefficient (Wildman–Crippen LogP) is 0.0286. The van der Waals surface area contributed by atoms with Gasteiger partial charge in [0, 0.05) is 29.9 Å². The molecule has 0 spiro atoms. The van der Waals surface area contributed by atoms with Gasteiger partial charge in [0.1, 0.15) is 0 Å². The number of pyridine rings is 1. The molecule has 6 N–H and O–H groups in total. The smallest absolute Gasteiger partial charge is 0.254 e. The number of nitrogens with two attached hydrogens (primary N) is 1. The number of carbonyl (C=O) groups is 3. The molecule has 1 aliphatic heterocycles. The zero-order valence-electron chi connectivity index (χ0n) is 16.8. The maximum absolute atomic E-state index is 12.9. The third-order valence-corrected chi connectivity index (χ3v) is 4.90. The molecule has 9 nitrogen and oxygen atoms in total. The van der Waals surface area contributed by atoms with Gasteiger partial charge < -0.3 is 26.5 Å². The van der Waals surface area contributed by atoms with Crippen LogP contribution in [-0.2, 0) is 14.4 Å². The Morgan fingerprint density at radius 2 is 1.79 bits per heavy atom. The lowest BCUT2D eigenvalue weighted by Gasteiger charge is -2.23. The number of amides is 2. The molecule has 158 valence electrons. The van der Waals surface area contributed by atoms with E-state index in [9.17, 15) is 24.3 Å². The van der Waals surface area contributed by atoms with Crippen LogP contribution in [0.15, 0.2) is 23.0 Å². The van der Waals surface area contributed by atoms with Crippen molar-refractivity contribution in [2.24, 2.45) is 0 Å². The number of aromatic nitrogens is 1. The zero-order valence-corrected chi connectivity index (χ0v) is 16.8. The van der Waals surface area contributed by atoms with Crippen molar-refractivity contribution in [1.82, 2.24) is 15.6 Å². The Kier molecular flexibility index (Phi) is 7.33. The highest BCUT2D eigenvalue weighted by Crippen LogP contribution is 2.24. The van der Waals surface area contributed by atoms with Crippen LogP contribution < -0.4 is 21.9 Å². The van der Waals surface area contributed by atoms with E-state index >= 15 is 0 Å². The molecule has 0 saturated heterocycles. The van der Waals surface area contributed by atoms with Crippen LogP contribution in [-0.4, -0.2) is 45.9 Å². The van der Waals surface area contributed by atoms with Crippen LogP contribution in [0.5, 0.6) is 0 Å². The highest BCUT2D eigenvalue weighted by atomic mass is 16.3. The summed E-state index contributed by atoms with van der Waals surface area (Å²) in [4.78, 5) is 52.7. The van der Waals surface area contributed by atoms with Gasteiger partial charge in [-0.2, -0.15) is 0 Å². The van der Waals surface area contributed by atoms with Gasteiger partial charge in [0.15, 0.2) is 5.78 Å². The maximum Gasteiger partial charge on any atom is 0.254 e. The SMILES string of the molecule is Cc1cc(N)c([C@@H]2CC(=O)[C@H](C)NC(=O)/C=C\[C@@H](O)CC[C@H](C)NC2=O)c(=O)[nH]1. The summed E-state index contributed by atoms with van der Waals surface area (Å²) in [6, 6.07) is 0.337. The second kappa shape index (κ2) is 9.51. The lowest BCUT2D eigenvalue weighted by molar-refractivity contribution is -0.129. The summed E-state index contributed by atoms with van der Waals surface area (Å²) in [5.74, 6) is -2.55. The summed E-state index contributed by atoms with van der Waals surface area (Å²) in [6.45, 7) is 4.92. The number of hydrogen-bond acceptors (Lipinski definition) is 6. The van der Waals surface area contributed by atoms with E-state index in [4.69, 9.17) is 5.73 Å². The summed E-state index contributed by atoms with van der Waals surface area (Å²) < 4.78 is 0.